The second kappa shape index (κ2) is 5.62. The Morgan fingerprint density at radius 1 is 1.09 bits per heavy atom. The van der Waals surface area contributed by atoms with E-state index in [0.717, 1.165) is 13.0 Å². The zero-order valence-corrected chi connectivity index (χ0v) is 13.0. The number of aromatic amines is 1. The minimum atomic E-state index is 0.571. The highest BCUT2D eigenvalue weighted by Gasteiger charge is 2.21. The molecule has 3 aromatic rings. The van der Waals surface area contributed by atoms with E-state index < -0.39 is 0 Å². The summed E-state index contributed by atoms with van der Waals surface area (Å²) in [6.07, 6.45) is 3.50. The molecule has 0 radical (unpaired) electrons. The molecule has 0 fully saturated rings. The third-order valence-electron chi connectivity index (χ3n) is 4.81. The third kappa shape index (κ3) is 2.55. The maximum atomic E-state index is 3.72. The Balaban J connectivity index is 1.46. The van der Waals surface area contributed by atoms with Gasteiger partial charge in [-0.1, -0.05) is 48.0 Å². The summed E-state index contributed by atoms with van der Waals surface area (Å²) >= 11 is 0. The molecule has 1 aliphatic carbocycles. The van der Waals surface area contributed by atoms with Crippen LogP contribution in [0.5, 0.6) is 0 Å². The smallest absolute Gasteiger partial charge is 0.0458 e. The van der Waals surface area contributed by atoms with Gasteiger partial charge in [-0.25, -0.2) is 0 Å². The average molecular weight is 290 g/mol. The number of aryl methyl sites for hydroxylation is 2. The van der Waals surface area contributed by atoms with Crippen molar-refractivity contribution in [3.05, 3.63) is 70.9 Å². The van der Waals surface area contributed by atoms with Crippen molar-refractivity contribution >= 4 is 10.9 Å². The molecule has 1 aliphatic rings. The van der Waals surface area contributed by atoms with Crippen LogP contribution in [0.2, 0.25) is 0 Å². The number of para-hydroxylation sites is 1. The number of benzene rings is 2. The summed E-state index contributed by atoms with van der Waals surface area (Å²) in [7, 11) is 0. The van der Waals surface area contributed by atoms with Crippen LogP contribution < -0.4 is 5.32 Å². The largest absolute Gasteiger partial charge is 0.358 e. The molecular weight excluding hydrogens is 268 g/mol. The van der Waals surface area contributed by atoms with Crippen molar-refractivity contribution < 1.29 is 0 Å². The van der Waals surface area contributed by atoms with E-state index in [-0.39, 0.29) is 0 Å². The van der Waals surface area contributed by atoms with Gasteiger partial charge < -0.3 is 10.3 Å². The molecule has 0 saturated carbocycles. The van der Waals surface area contributed by atoms with Gasteiger partial charge in [-0.15, -0.1) is 0 Å². The molecule has 2 nitrogen and oxygen atoms in total. The topological polar surface area (TPSA) is 27.8 Å². The molecule has 1 aromatic heterocycles. The second-order valence-electron chi connectivity index (χ2n) is 6.43. The number of H-pyrrole nitrogens is 1. The summed E-state index contributed by atoms with van der Waals surface area (Å²) in [5.41, 5.74) is 6.93. The summed E-state index contributed by atoms with van der Waals surface area (Å²) in [4.78, 5) is 3.61. The lowest BCUT2D eigenvalue weighted by Gasteiger charge is -2.23. The monoisotopic (exact) mass is 290 g/mol. The van der Waals surface area contributed by atoms with E-state index >= 15 is 0 Å². The molecule has 2 aromatic carbocycles. The number of hydrogen-bond acceptors (Lipinski definition) is 1. The maximum absolute atomic E-state index is 3.72. The van der Waals surface area contributed by atoms with E-state index in [1.54, 1.807) is 0 Å². The van der Waals surface area contributed by atoms with E-state index in [1.807, 2.05) is 0 Å². The number of hydrogen-bond donors (Lipinski definition) is 2. The summed E-state index contributed by atoms with van der Waals surface area (Å²) < 4.78 is 0. The third-order valence-corrected chi connectivity index (χ3v) is 4.81. The van der Waals surface area contributed by atoms with Crippen LogP contribution >= 0.6 is 0 Å². The molecule has 1 heterocycles. The van der Waals surface area contributed by atoms with Crippen LogP contribution in [0.3, 0.4) is 0 Å². The molecule has 1 unspecified atom stereocenters. The zero-order valence-electron chi connectivity index (χ0n) is 13.0. The highest BCUT2D eigenvalue weighted by atomic mass is 14.9. The summed E-state index contributed by atoms with van der Waals surface area (Å²) in [6, 6.07) is 18.1. The summed E-state index contributed by atoms with van der Waals surface area (Å²) in [5.74, 6) is 0. The molecule has 4 rings (SSSR count). The van der Waals surface area contributed by atoms with Gasteiger partial charge in [0.1, 0.15) is 0 Å². The highest BCUT2D eigenvalue weighted by Crippen LogP contribution is 2.29. The second-order valence-corrected chi connectivity index (χ2v) is 6.43. The minimum absolute atomic E-state index is 0.571. The van der Waals surface area contributed by atoms with Crippen molar-refractivity contribution in [2.45, 2.75) is 38.8 Å². The van der Waals surface area contributed by atoms with Crippen molar-refractivity contribution in [3.8, 4) is 0 Å². The van der Waals surface area contributed by atoms with Gasteiger partial charge in [0, 0.05) is 35.6 Å². The highest BCUT2D eigenvalue weighted by molar-refractivity contribution is 5.84. The van der Waals surface area contributed by atoms with E-state index in [0.29, 0.717) is 6.04 Å². The lowest BCUT2D eigenvalue weighted by Crippen LogP contribution is -2.34. The van der Waals surface area contributed by atoms with Crippen molar-refractivity contribution in [2.75, 3.05) is 0 Å². The van der Waals surface area contributed by atoms with Gasteiger partial charge in [0.25, 0.3) is 0 Å². The maximum Gasteiger partial charge on any atom is 0.0458 e. The molecule has 2 N–H and O–H groups in total. The Morgan fingerprint density at radius 3 is 2.77 bits per heavy atom. The zero-order chi connectivity index (χ0) is 14.9. The van der Waals surface area contributed by atoms with Crippen LogP contribution in [0, 0.1) is 6.92 Å². The van der Waals surface area contributed by atoms with E-state index in [2.05, 4.69) is 65.8 Å². The van der Waals surface area contributed by atoms with Gasteiger partial charge in [-0.05, 0) is 37.0 Å². The molecule has 0 amide bonds. The molecule has 2 heteroatoms. The van der Waals surface area contributed by atoms with Crippen molar-refractivity contribution in [3.63, 3.8) is 0 Å². The van der Waals surface area contributed by atoms with Gasteiger partial charge in [-0.2, -0.15) is 0 Å². The van der Waals surface area contributed by atoms with Crippen LogP contribution in [0.25, 0.3) is 10.9 Å². The fourth-order valence-corrected chi connectivity index (χ4v) is 3.53. The molecular formula is C20H22N2. The van der Waals surface area contributed by atoms with Crippen LogP contribution in [-0.4, -0.2) is 11.0 Å². The molecule has 112 valence electrons. The molecule has 0 spiro atoms. The Bertz CT molecular complexity index is 783. The number of rotatable bonds is 3. The average Bonchev–Trinajstić information content (AvgIpc) is 2.92. The summed E-state index contributed by atoms with van der Waals surface area (Å²) in [5, 5.41) is 5.13. The molecule has 1 atom stereocenters. The number of aromatic nitrogens is 1. The van der Waals surface area contributed by atoms with E-state index in [9.17, 15) is 0 Å². The van der Waals surface area contributed by atoms with E-state index in [1.165, 1.54) is 46.1 Å². The van der Waals surface area contributed by atoms with Gasteiger partial charge in [0.2, 0.25) is 0 Å². The van der Waals surface area contributed by atoms with Gasteiger partial charge in [0.15, 0.2) is 0 Å². The summed E-state index contributed by atoms with van der Waals surface area (Å²) in [6.45, 7) is 3.09. The molecule has 0 saturated heterocycles. The lowest BCUT2D eigenvalue weighted by atomic mass is 9.91. The Hall–Kier alpha value is -2.06. The lowest BCUT2D eigenvalue weighted by molar-refractivity contribution is 0.455. The first kappa shape index (κ1) is 13.6. The predicted molar refractivity (Wildman–Crippen MR) is 92.1 cm³/mol. The SMILES string of the molecule is Cc1ccc(CNC2CCc3c([nH]c4ccccc34)C2)cc1. The first-order chi connectivity index (χ1) is 10.8. The van der Waals surface area contributed by atoms with Crippen molar-refractivity contribution in [1.29, 1.82) is 0 Å². The fraction of sp³-hybridized carbons (Fsp3) is 0.300. The Kier molecular flexibility index (Phi) is 3.47. The minimum Gasteiger partial charge on any atom is -0.358 e. The van der Waals surface area contributed by atoms with Crippen LogP contribution in [0.1, 0.15) is 28.8 Å². The molecule has 22 heavy (non-hydrogen) atoms. The van der Waals surface area contributed by atoms with Crippen LogP contribution in [0.4, 0.5) is 0 Å². The van der Waals surface area contributed by atoms with Crippen molar-refractivity contribution in [1.82, 2.24) is 10.3 Å². The number of nitrogens with one attached hydrogen (secondary N) is 2. The predicted octanol–water partition coefficient (Wildman–Crippen LogP) is 4.12. The van der Waals surface area contributed by atoms with Gasteiger partial charge in [0.05, 0.1) is 0 Å². The Morgan fingerprint density at radius 2 is 1.91 bits per heavy atom. The Labute approximate surface area is 131 Å². The molecule has 0 bridgehead atoms. The standard InChI is InChI=1S/C20H22N2/c1-14-6-8-15(9-7-14)13-21-16-10-11-18-17-4-2-3-5-19(17)22-20(18)12-16/h2-9,16,21-22H,10-13H2,1H3. The van der Waals surface area contributed by atoms with Crippen LogP contribution in [0.15, 0.2) is 48.5 Å². The fourth-order valence-electron chi connectivity index (χ4n) is 3.53. The van der Waals surface area contributed by atoms with Gasteiger partial charge >= 0.3 is 0 Å². The normalized spacial score (nSPS) is 17.6. The van der Waals surface area contributed by atoms with Crippen molar-refractivity contribution in [2.24, 2.45) is 0 Å². The number of fused-ring (bicyclic) bond motifs is 3. The van der Waals surface area contributed by atoms with Crippen LogP contribution in [-0.2, 0) is 19.4 Å². The van der Waals surface area contributed by atoms with E-state index in [4.69, 9.17) is 0 Å². The van der Waals surface area contributed by atoms with Gasteiger partial charge in [-0.3, -0.25) is 0 Å². The quantitative estimate of drug-likeness (QED) is 0.746. The first-order valence-electron chi connectivity index (χ1n) is 8.17. The first-order valence-corrected chi connectivity index (χ1v) is 8.17. The molecule has 0 aliphatic heterocycles.